The largest absolute Gasteiger partial charge is 0.483 e. The monoisotopic (exact) mass is 834 g/mol. The van der Waals surface area contributed by atoms with Crippen LogP contribution in [0.15, 0.2) is 11.8 Å². The summed E-state index contributed by atoms with van der Waals surface area (Å²) < 4.78 is 5.83. The Morgan fingerprint density at radius 3 is 1.49 bits per heavy atom. The molecular weight excluding hydrogens is 735 g/mol. The average Bonchev–Trinajstić information content (AvgIpc) is 3.65. The molecule has 1 heterocycles. The maximum Gasteiger partial charge on any atom is 0.306 e. The summed E-state index contributed by atoms with van der Waals surface area (Å²) in [5.41, 5.74) is 1.02. The Hall–Kier alpha value is -2.09. The predicted molar refractivity (Wildman–Crippen MR) is 252 cm³/mol. The Balaban J connectivity index is 0.0000108. The van der Waals surface area contributed by atoms with Crippen molar-refractivity contribution in [3.8, 4) is 0 Å². The van der Waals surface area contributed by atoms with Gasteiger partial charge in [0.15, 0.2) is 0 Å². The molecule has 3 N–H and O–H groups in total. The van der Waals surface area contributed by atoms with Crippen LogP contribution >= 0.6 is 0 Å². The van der Waals surface area contributed by atoms with Gasteiger partial charge in [-0.25, -0.2) is 0 Å². The van der Waals surface area contributed by atoms with Gasteiger partial charge in [-0.15, -0.1) is 0 Å². The number of carbonyl (C=O) groups is 3. The molecule has 0 aromatic carbocycles. The molecule has 59 heavy (non-hydrogen) atoms. The first kappa shape index (κ1) is 56.9. The van der Waals surface area contributed by atoms with Crippen molar-refractivity contribution in [1.82, 2.24) is 15.5 Å². The number of carboxylic acid groups (broad SMARTS) is 1. The smallest absolute Gasteiger partial charge is 0.306 e. The molecule has 1 rings (SSSR count). The zero-order valence-electron chi connectivity index (χ0n) is 39.6. The van der Waals surface area contributed by atoms with Crippen LogP contribution in [0.1, 0.15) is 252 Å². The van der Waals surface area contributed by atoms with Crippen LogP contribution < -0.4 is 10.6 Å². The molecule has 1 unspecified atom stereocenters. The second-order valence-electron chi connectivity index (χ2n) is 17.7. The van der Waals surface area contributed by atoms with Crippen LogP contribution in [0.2, 0.25) is 0 Å². The lowest BCUT2D eigenvalue weighted by Gasteiger charge is -2.23. The highest BCUT2D eigenvalue weighted by Gasteiger charge is 2.14. The van der Waals surface area contributed by atoms with E-state index in [1.165, 1.54) is 199 Å². The minimum Gasteiger partial charge on any atom is -0.483 e. The van der Waals surface area contributed by atoms with Crippen molar-refractivity contribution in [3.05, 3.63) is 11.8 Å². The van der Waals surface area contributed by atoms with Crippen LogP contribution in [-0.2, 0) is 19.1 Å². The number of hydrogen-bond acceptors (Lipinski definition) is 6. The van der Waals surface area contributed by atoms with Crippen LogP contribution in [0.3, 0.4) is 0 Å². The second-order valence-corrected chi connectivity index (χ2v) is 17.7. The zero-order chi connectivity index (χ0) is 43.3. The number of esters is 1. The van der Waals surface area contributed by atoms with E-state index in [1.54, 1.807) is 6.08 Å². The van der Waals surface area contributed by atoms with E-state index >= 15 is 0 Å². The fraction of sp³-hybridized carbons (Fsp3) is 0.902. The first-order valence-electron chi connectivity index (χ1n) is 25.7. The number of rotatable bonds is 44. The SMILES string of the molecule is CCCCCCCCC(CCCCCCCC)CCCCCCCN(CCCCCCCC(=O)OC(CC)CCCCCCCC)CCCNC1=CC(=O)NC1.O=CO. The minimum atomic E-state index is -0.250. The van der Waals surface area contributed by atoms with Crippen molar-refractivity contribution in [1.29, 1.82) is 0 Å². The third kappa shape index (κ3) is 39.8. The molecule has 0 saturated carbocycles. The highest BCUT2D eigenvalue weighted by molar-refractivity contribution is 5.90. The van der Waals surface area contributed by atoms with E-state index in [4.69, 9.17) is 14.6 Å². The summed E-state index contributed by atoms with van der Waals surface area (Å²) in [5, 5.41) is 13.2. The van der Waals surface area contributed by atoms with E-state index in [9.17, 15) is 9.59 Å². The van der Waals surface area contributed by atoms with Gasteiger partial charge in [0.1, 0.15) is 6.10 Å². The summed E-state index contributed by atoms with van der Waals surface area (Å²) in [4.78, 5) is 35.1. The van der Waals surface area contributed by atoms with Crippen LogP contribution in [0, 0.1) is 5.92 Å². The van der Waals surface area contributed by atoms with E-state index < -0.39 is 0 Å². The lowest BCUT2D eigenvalue weighted by molar-refractivity contribution is -0.149. The molecular formula is C51H99N3O5. The Morgan fingerprint density at radius 2 is 1.05 bits per heavy atom. The van der Waals surface area contributed by atoms with Gasteiger partial charge in [-0.2, -0.15) is 0 Å². The van der Waals surface area contributed by atoms with Crippen molar-refractivity contribution in [2.45, 2.75) is 259 Å². The average molecular weight is 834 g/mol. The maximum atomic E-state index is 12.5. The third-order valence-corrected chi connectivity index (χ3v) is 12.3. The molecule has 8 heteroatoms. The fourth-order valence-corrected chi connectivity index (χ4v) is 8.48. The van der Waals surface area contributed by atoms with Crippen LogP contribution in [0.5, 0.6) is 0 Å². The van der Waals surface area contributed by atoms with Gasteiger partial charge < -0.3 is 25.4 Å². The van der Waals surface area contributed by atoms with Gasteiger partial charge in [0, 0.05) is 24.7 Å². The summed E-state index contributed by atoms with van der Waals surface area (Å²) in [6.07, 6.45) is 47.2. The van der Waals surface area contributed by atoms with Crippen molar-refractivity contribution in [2.75, 3.05) is 32.7 Å². The lowest BCUT2D eigenvalue weighted by Crippen LogP contribution is -2.30. The molecule has 348 valence electrons. The van der Waals surface area contributed by atoms with E-state index in [2.05, 4.69) is 43.2 Å². The van der Waals surface area contributed by atoms with Crippen molar-refractivity contribution in [2.24, 2.45) is 5.92 Å². The number of carbonyl (C=O) groups excluding carboxylic acids is 2. The molecule has 1 aliphatic heterocycles. The van der Waals surface area contributed by atoms with Gasteiger partial charge in [-0.1, -0.05) is 201 Å². The molecule has 1 amide bonds. The quantitative estimate of drug-likeness (QED) is 0.0319. The predicted octanol–water partition coefficient (Wildman–Crippen LogP) is 13.9. The first-order valence-corrected chi connectivity index (χ1v) is 25.7. The molecule has 0 fully saturated rings. The van der Waals surface area contributed by atoms with Gasteiger partial charge >= 0.3 is 5.97 Å². The normalized spacial score (nSPS) is 13.0. The van der Waals surface area contributed by atoms with Crippen LogP contribution in [0.25, 0.3) is 0 Å². The number of nitrogens with zero attached hydrogens (tertiary/aromatic N) is 1. The molecule has 0 bridgehead atoms. The summed E-state index contributed by atoms with van der Waals surface area (Å²) in [6.45, 7) is 13.8. The fourth-order valence-electron chi connectivity index (χ4n) is 8.48. The number of ether oxygens (including phenoxy) is 1. The summed E-state index contributed by atoms with van der Waals surface area (Å²) in [6, 6.07) is 0. The summed E-state index contributed by atoms with van der Waals surface area (Å²) in [5.74, 6) is 0.996. The Morgan fingerprint density at radius 1 is 0.644 bits per heavy atom. The molecule has 8 nitrogen and oxygen atoms in total. The highest BCUT2D eigenvalue weighted by Crippen LogP contribution is 2.25. The molecule has 0 saturated heterocycles. The number of hydrogen-bond donors (Lipinski definition) is 3. The topological polar surface area (TPSA) is 108 Å². The van der Waals surface area contributed by atoms with Gasteiger partial charge in [-0.3, -0.25) is 14.4 Å². The molecule has 0 aliphatic carbocycles. The third-order valence-electron chi connectivity index (χ3n) is 12.3. The molecule has 1 atom stereocenters. The highest BCUT2D eigenvalue weighted by atomic mass is 16.5. The van der Waals surface area contributed by atoms with Crippen LogP contribution in [-0.4, -0.2) is 67.2 Å². The maximum absolute atomic E-state index is 12.5. The summed E-state index contributed by atoms with van der Waals surface area (Å²) >= 11 is 0. The van der Waals surface area contributed by atoms with Gasteiger partial charge in [-0.05, 0) is 70.5 Å². The van der Waals surface area contributed by atoms with E-state index in [0.29, 0.717) is 13.0 Å². The Labute approximate surface area is 366 Å². The first-order chi connectivity index (χ1) is 28.9. The van der Waals surface area contributed by atoms with Gasteiger partial charge in [0.05, 0.1) is 6.54 Å². The number of amides is 1. The molecule has 1 aliphatic rings. The van der Waals surface area contributed by atoms with Gasteiger partial charge in [0.2, 0.25) is 5.91 Å². The zero-order valence-corrected chi connectivity index (χ0v) is 39.6. The molecule has 0 aromatic rings. The standard InChI is InChI=1S/C50H97N3O3.CH2O2/c1-5-9-12-15-20-27-35-46(36-28-21-16-13-10-6-2)37-29-22-18-25-32-41-53(43-34-40-51-47-44-49(54)52-45-47)42-33-26-19-24-31-39-50(55)56-48(8-4)38-30-23-17-14-11-7-3;2-1-3/h44,46,48,51H,5-43,45H2,1-4H3,(H,52,54);1H,(H,2,3). The minimum absolute atomic E-state index is 0.0114. The number of nitrogens with one attached hydrogen (secondary N) is 2. The van der Waals surface area contributed by atoms with Crippen molar-refractivity contribution in [3.63, 3.8) is 0 Å². The van der Waals surface area contributed by atoms with Crippen molar-refractivity contribution >= 4 is 18.3 Å². The molecule has 0 radical (unpaired) electrons. The second kappa shape index (κ2) is 45.4. The molecule has 0 spiro atoms. The van der Waals surface area contributed by atoms with E-state index in [1.807, 2.05) is 0 Å². The molecule has 0 aromatic heterocycles. The van der Waals surface area contributed by atoms with E-state index in [0.717, 1.165) is 56.8 Å². The number of unbranched alkanes of at least 4 members (excludes halogenated alkanes) is 23. The van der Waals surface area contributed by atoms with Crippen molar-refractivity contribution < 1.29 is 24.2 Å². The lowest BCUT2D eigenvalue weighted by atomic mass is 9.89. The van der Waals surface area contributed by atoms with Gasteiger partial charge in [0.25, 0.3) is 6.47 Å². The summed E-state index contributed by atoms with van der Waals surface area (Å²) in [7, 11) is 0. The van der Waals surface area contributed by atoms with E-state index in [-0.39, 0.29) is 24.5 Å². The Bertz CT molecular complexity index is 944. The van der Waals surface area contributed by atoms with Crippen LogP contribution in [0.4, 0.5) is 0 Å². The Kier molecular flexibility index (Phi) is 43.8.